The summed E-state index contributed by atoms with van der Waals surface area (Å²) in [6.07, 6.45) is 2.06. The van der Waals surface area contributed by atoms with Crippen LogP contribution in [0.15, 0.2) is 47.4 Å². The van der Waals surface area contributed by atoms with Gasteiger partial charge in [-0.1, -0.05) is 18.2 Å². The molecule has 0 aliphatic carbocycles. The molecule has 104 valence electrons. The molecule has 0 aliphatic rings. The van der Waals surface area contributed by atoms with Gasteiger partial charge in [-0.05, 0) is 67.7 Å². The van der Waals surface area contributed by atoms with E-state index in [1.807, 2.05) is 24.3 Å². The predicted molar refractivity (Wildman–Crippen MR) is 94.0 cm³/mol. The number of aryl methyl sites for hydroxylation is 2. The van der Waals surface area contributed by atoms with Crippen molar-refractivity contribution in [3.63, 3.8) is 0 Å². The van der Waals surface area contributed by atoms with Gasteiger partial charge in [0.1, 0.15) is 0 Å². The van der Waals surface area contributed by atoms with Gasteiger partial charge in [0.05, 0.1) is 5.69 Å². The van der Waals surface area contributed by atoms with Crippen LogP contribution in [-0.2, 0) is 0 Å². The van der Waals surface area contributed by atoms with Gasteiger partial charge >= 0.3 is 0 Å². The van der Waals surface area contributed by atoms with Crippen LogP contribution in [-0.4, -0.2) is 11.4 Å². The Kier molecular flexibility index (Phi) is 5.04. The molecule has 0 spiro atoms. The van der Waals surface area contributed by atoms with Gasteiger partial charge in [0, 0.05) is 10.6 Å². The van der Waals surface area contributed by atoms with Crippen molar-refractivity contribution in [1.29, 1.82) is 0 Å². The maximum Gasteiger partial charge on any atom is 0.175 e. The molecule has 0 atom stereocenters. The van der Waals surface area contributed by atoms with Crippen LogP contribution in [0.25, 0.3) is 0 Å². The summed E-state index contributed by atoms with van der Waals surface area (Å²) < 4.78 is 0. The van der Waals surface area contributed by atoms with Crippen molar-refractivity contribution in [3.8, 4) is 0 Å². The van der Waals surface area contributed by atoms with Crippen molar-refractivity contribution < 1.29 is 0 Å². The first-order valence-electron chi connectivity index (χ1n) is 6.38. The summed E-state index contributed by atoms with van der Waals surface area (Å²) in [7, 11) is 0. The summed E-state index contributed by atoms with van der Waals surface area (Å²) in [5.74, 6) is 0. The largest absolute Gasteiger partial charge is 0.332 e. The number of hydrogen-bond donors (Lipinski definition) is 2. The molecule has 2 rings (SSSR count). The standard InChI is InChI=1S/C16H18N2S2/c1-11-8-9-13(10-12(11)2)17-16(19)18-14-6-4-5-7-15(14)20-3/h4-10H,1-3H3,(H2,17,18,19). The van der Waals surface area contributed by atoms with E-state index in [0.717, 1.165) is 11.4 Å². The Hall–Kier alpha value is -1.52. The molecule has 0 radical (unpaired) electrons. The van der Waals surface area contributed by atoms with Gasteiger partial charge in [0.2, 0.25) is 0 Å². The fraction of sp³-hybridized carbons (Fsp3) is 0.188. The molecule has 20 heavy (non-hydrogen) atoms. The highest BCUT2D eigenvalue weighted by Gasteiger charge is 2.03. The topological polar surface area (TPSA) is 24.1 Å². The van der Waals surface area contributed by atoms with Crippen molar-refractivity contribution in [2.45, 2.75) is 18.7 Å². The van der Waals surface area contributed by atoms with Crippen molar-refractivity contribution in [2.75, 3.05) is 16.9 Å². The highest BCUT2D eigenvalue weighted by Crippen LogP contribution is 2.24. The third-order valence-corrected chi connectivity index (χ3v) is 4.12. The molecule has 0 unspecified atom stereocenters. The van der Waals surface area contributed by atoms with E-state index in [2.05, 4.69) is 48.9 Å². The fourth-order valence-electron chi connectivity index (χ4n) is 1.85. The quantitative estimate of drug-likeness (QED) is 0.626. The highest BCUT2D eigenvalue weighted by molar-refractivity contribution is 7.98. The van der Waals surface area contributed by atoms with Crippen molar-refractivity contribution in [3.05, 3.63) is 53.6 Å². The number of thioether (sulfide) groups is 1. The van der Waals surface area contributed by atoms with E-state index in [1.165, 1.54) is 16.0 Å². The summed E-state index contributed by atoms with van der Waals surface area (Å²) in [5, 5.41) is 7.07. The van der Waals surface area contributed by atoms with Crippen LogP contribution in [0, 0.1) is 13.8 Å². The van der Waals surface area contributed by atoms with E-state index in [-0.39, 0.29) is 0 Å². The van der Waals surface area contributed by atoms with Crippen LogP contribution in [0.5, 0.6) is 0 Å². The van der Waals surface area contributed by atoms with Crippen LogP contribution in [0.2, 0.25) is 0 Å². The van der Waals surface area contributed by atoms with E-state index in [4.69, 9.17) is 12.2 Å². The number of nitrogens with one attached hydrogen (secondary N) is 2. The Morgan fingerprint density at radius 2 is 1.75 bits per heavy atom. The molecule has 2 N–H and O–H groups in total. The normalized spacial score (nSPS) is 10.2. The molecule has 0 heterocycles. The second-order valence-electron chi connectivity index (χ2n) is 4.58. The van der Waals surface area contributed by atoms with Crippen LogP contribution in [0.1, 0.15) is 11.1 Å². The minimum absolute atomic E-state index is 0.606. The zero-order valence-electron chi connectivity index (χ0n) is 11.9. The zero-order valence-corrected chi connectivity index (χ0v) is 13.5. The summed E-state index contributed by atoms with van der Waals surface area (Å²) in [5.41, 5.74) is 4.57. The first-order valence-corrected chi connectivity index (χ1v) is 8.01. The monoisotopic (exact) mass is 302 g/mol. The average Bonchev–Trinajstić information content (AvgIpc) is 2.43. The predicted octanol–water partition coefficient (Wildman–Crippen LogP) is 4.83. The Morgan fingerprint density at radius 3 is 2.45 bits per heavy atom. The molecule has 0 aliphatic heterocycles. The molecule has 4 heteroatoms. The minimum atomic E-state index is 0.606. The van der Waals surface area contributed by atoms with Crippen LogP contribution >= 0.6 is 24.0 Å². The number of benzene rings is 2. The molecular weight excluding hydrogens is 284 g/mol. The first-order chi connectivity index (χ1) is 9.60. The first kappa shape index (κ1) is 14.9. The molecule has 0 saturated heterocycles. The van der Waals surface area contributed by atoms with E-state index in [0.29, 0.717) is 5.11 Å². The third kappa shape index (κ3) is 3.74. The van der Waals surface area contributed by atoms with Crippen LogP contribution in [0.3, 0.4) is 0 Å². The average molecular weight is 302 g/mol. The summed E-state index contributed by atoms with van der Waals surface area (Å²) >= 11 is 7.07. The smallest absolute Gasteiger partial charge is 0.175 e. The number of para-hydroxylation sites is 1. The number of anilines is 2. The maximum atomic E-state index is 5.37. The van der Waals surface area contributed by atoms with E-state index >= 15 is 0 Å². The van der Waals surface area contributed by atoms with Gasteiger partial charge < -0.3 is 10.6 Å². The van der Waals surface area contributed by atoms with Crippen molar-refractivity contribution >= 4 is 40.5 Å². The van der Waals surface area contributed by atoms with E-state index in [9.17, 15) is 0 Å². The molecule has 0 bridgehead atoms. The summed E-state index contributed by atoms with van der Waals surface area (Å²) in [4.78, 5) is 1.18. The summed E-state index contributed by atoms with van der Waals surface area (Å²) in [6.45, 7) is 4.20. The zero-order chi connectivity index (χ0) is 14.5. The second-order valence-corrected chi connectivity index (χ2v) is 5.83. The Balaban J connectivity index is 2.07. The lowest BCUT2D eigenvalue weighted by Crippen LogP contribution is -2.19. The number of rotatable bonds is 3. The van der Waals surface area contributed by atoms with E-state index < -0.39 is 0 Å². The van der Waals surface area contributed by atoms with Gasteiger partial charge in [-0.2, -0.15) is 0 Å². The summed E-state index contributed by atoms with van der Waals surface area (Å²) in [6, 6.07) is 14.4. The van der Waals surface area contributed by atoms with Crippen LogP contribution < -0.4 is 10.6 Å². The molecule has 2 aromatic carbocycles. The maximum absolute atomic E-state index is 5.37. The molecule has 0 fully saturated rings. The third-order valence-electron chi connectivity index (χ3n) is 3.12. The van der Waals surface area contributed by atoms with Gasteiger partial charge in [-0.15, -0.1) is 11.8 Å². The molecule has 0 saturated carbocycles. The van der Waals surface area contributed by atoms with Gasteiger partial charge in [0.25, 0.3) is 0 Å². The molecule has 2 nitrogen and oxygen atoms in total. The Bertz CT molecular complexity index is 624. The molecule has 2 aromatic rings. The highest BCUT2D eigenvalue weighted by atomic mass is 32.2. The lowest BCUT2D eigenvalue weighted by Gasteiger charge is -2.13. The van der Waals surface area contributed by atoms with Gasteiger partial charge in [-0.25, -0.2) is 0 Å². The van der Waals surface area contributed by atoms with Gasteiger partial charge in [0.15, 0.2) is 5.11 Å². The molecule has 0 aromatic heterocycles. The van der Waals surface area contributed by atoms with Crippen molar-refractivity contribution in [2.24, 2.45) is 0 Å². The van der Waals surface area contributed by atoms with E-state index in [1.54, 1.807) is 11.8 Å². The second kappa shape index (κ2) is 6.77. The minimum Gasteiger partial charge on any atom is -0.332 e. The molecule has 0 amide bonds. The van der Waals surface area contributed by atoms with Crippen molar-refractivity contribution in [1.82, 2.24) is 0 Å². The SMILES string of the molecule is CSc1ccccc1NC(=S)Nc1ccc(C)c(C)c1. The Morgan fingerprint density at radius 1 is 1.00 bits per heavy atom. The number of hydrogen-bond acceptors (Lipinski definition) is 2. The fourth-order valence-corrected chi connectivity index (χ4v) is 2.63. The lowest BCUT2D eigenvalue weighted by molar-refractivity contribution is 1.34. The van der Waals surface area contributed by atoms with Gasteiger partial charge in [-0.3, -0.25) is 0 Å². The Labute approximate surface area is 130 Å². The van der Waals surface area contributed by atoms with Crippen LogP contribution in [0.4, 0.5) is 11.4 Å². The number of thiocarbonyl (C=S) groups is 1. The molecular formula is C16H18N2S2. The lowest BCUT2D eigenvalue weighted by atomic mass is 10.1.